The second kappa shape index (κ2) is 26.1. The lowest BCUT2D eigenvalue weighted by Gasteiger charge is -2.25. The maximum atomic E-state index is 11.8. The molecular weight excluding hydrogens is 859 g/mol. The fourth-order valence-corrected chi connectivity index (χ4v) is 12.2. The van der Waals surface area contributed by atoms with Gasteiger partial charge in [0.05, 0.1) is 45.0 Å². The average molecular weight is 905 g/mol. The van der Waals surface area contributed by atoms with Gasteiger partial charge in [-0.3, -0.25) is 14.4 Å². The van der Waals surface area contributed by atoms with Crippen molar-refractivity contribution < 1.29 is 51.4 Å². The van der Waals surface area contributed by atoms with Crippen molar-refractivity contribution in [3.05, 3.63) is 59.7 Å². The number of rotatable bonds is 18. The van der Waals surface area contributed by atoms with Crippen LogP contribution in [0.5, 0.6) is 11.5 Å². The van der Waals surface area contributed by atoms with Crippen molar-refractivity contribution in [2.24, 2.45) is 5.73 Å². The minimum Gasteiger partial charge on any atom is -0.497 e. The Morgan fingerprint density at radius 2 is 1.12 bits per heavy atom. The summed E-state index contributed by atoms with van der Waals surface area (Å²) in [5, 5.41) is -1.17. The molecule has 0 heterocycles. The van der Waals surface area contributed by atoms with Crippen LogP contribution in [0.4, 0.5) is 0 Å². The Morgan fingerprint density at radius 1 is 0.731 bits per heavy atom. The lowest BCUT2D eigenvalue weighted by atomic mass is 9.92. The van der Waals surface area contributed by atoms with Crippen molar-refractivity contribution in [3.8, 4) is 11.5 Å². The summed E-state index contributed by atoms with van der Waals surface area (Å²) in [5.74, 6) is -0.276. The second-order valence-electron chi connectivity index (χ2n) is 9.65. The number of alkyl halides is 3. The molecule has 2 rings (SSSR count). The normalized spacial score (nSPS) is 12.6. The highest BCUT2D eigenvalue weighted by atomic mass is 35.6. The Kier molecular flexibility index (Phi) is 25.7. The van der Waals surface area contributed by atoms with Crippen LogP contribution in [-0.2, 0) is 65.6 Å². The zero-order valence-electron chi connectivity index (χ0n) is 30.2. The van der Waals surface area contributed by atoms with Gasteiger partial charge in [0.2, 0.25) is 21.1 Å². The molecule has 0 spiro atoms. The van der Waals surface area contributed by atoms with E-state index in [0.29, 0.717) is 0 Å². The molecule has 0 saturated carbocycles. The molecule has 2 unspecified atom stereocenters. The molecule has 2 atom stereocenters. The van der Waals surface area contributed by atoms with Crippen LogP contribution in [0.15, 0.2) is 48.5 Å². The van der Waals surface area contributed by atoms with Crippen LogP contribution in [0.2, 0.25) is 0 Å². The molecule has 296 valence electrons. The molecule has 2 aromatic carbocycles. The minimum atomic E-state index is -2.65. The Hall–Kier alpha value is -0.840. The molecular formula is C31H46Cl3NO11P2S4. The average Bonchev–Trinajstić information content (AvgIpc) is 3.12. The van der Waals surface area contributed by atoms with E-state index in [-0.39, 0.29) is 30.8 Å². The number of carbonyl (C=O) groups is 3. The molecule has 0 radical (unpaired) electrons. The van der Waals surface area contributed by atoms with Crippen LogP contribution in [0, 0.1) is 0 Å². The van der Waals surface area contributed by atoms with E-state index in [9.17, 15) is 14.4 Å². The van der Waals surface area contributed by atoms with Crippen LogP contribution in [0.1, 0.15) is 44.2 Å². The van der Waals surface area contributed by atoms with Gasteiger partial charge in [0.1, 0.15) is 16.7 Å². The topological polar surface area (TPSA) is 151 Å². The number of benzene rings is 2. The molecule has 0 bridgehead atoms. The van der Waals surface area contributed by atoms with E-state index < -0.39 is 38.3 Å². The molecule has 0 aliphatic heterocycles. The van der Waals surface area contributed by atoms with Gasteiger partial charge in [0.15, 0.2) is 0 Å². The van der Waals surface area contributed by atoms with E-state index in [2.05, 4.69) is 0 Å². The quantitative estimate of drug-likeness (QED) is 0.0865. The van der Waals surface area contributed by atoms with E-state index in [1.54, 1.807) is 35.0 Å². The lowest BCUT2D eigenvalue weighted by Crippen LogP contribution is -2.24. The molecule has 2 aromatic rings. The summed E-state index contributed by atoms with van der Waals surface area (Å²) in [5.41, 5.74) is 1.87. The first kappa shape index (κ1) is 51.2. The van der Waals surface area contributed by atoms with Crippen LogP contribution in [0.3, 0.4) is 0 Å². The van der Waals surface area contributed by atoms with Gasteiger partial charge in [-0.15, -0.1) is 0 Å². The minimum absolute atomic E-state index is 0.123. The van der Waals surface area contributed by atoms with E-state index in [1.165, 1.54) is 28.4 Å². The second-order valence-corrected chi connectivity index (χ2v) is 25.4. The molecule has 52 heavy (non-hydrogen) atoms. The Morgan fingerprint density at radius 3 is 1.42 bits per heavy atom. The predicted octanol–water partition coefficient (Wildman–Crippen LogP) is 8.44. The van der Waals surface area contributed by atoms with Crippen molar-refractivity contribution in [3.63, 3.8) is 0 Å². The summed E-state index contributed by atoms with van der Waals surface area (Å²) in [6.45, 7) is 5.53. The third-order valence-corrected chi connectivity index (χ3v) is 18.8. The van der Waals surface area contributed by atoms with Crippen molar-refractivity contribution in [1.29, 1.82) is 0 Å². The summed E-state index contributed by atoms with van der Waals surface area (Å²) < 4.78 is 38.7. The smallest absolute Gasteiger partial charge is 0.320 e. The van der Waals surface area contributed by atoms with Gasteiger partial charge in [-0.1, -0.05) is 81.8 Å². The molecule has 2 N–H and O–H groups in total. The third kappa shape index (κ3) is 19.2. The van der Waals surface area contributed by atoms with Gasteiger partial charge < -0.3 is 42.8 Å². The first-order valence-corrected chi connectivity index (χ1v) is 24.5. The molecule has 0 fully saturated rings. The Bertz CT molecular complexity index is 1410. The maximum Gasteiger partial charge on any atom is 0.320 e. The third-order valence-electron chi connectivity index (χ3n) is 6.27. The molecule has 0 saturated heterocycles. The van der Waals surface area contributed by atoms with E-state index in [4.69, 9.17) is 101 Å². The van der Waals surface area contributed by atoms with E-state index in [1.807, 2.05) is 48.5 Å². The largest absolute Gasteiger partial charge is 0.497 e. The molecule has 21 heteroatoms. The lowest BCUT2D eigenvalue weighted by molar-refractivity contribution is -0.149. The van der Waals surface area contributed by atoms with Gasteiger partial charge in [0, 0.05) is 28.4 Å². The van der Waals surface area contributed by atoms with Gasteiger partial charge in [-0.2, -0.15) is 0 Å². The number of nitrogens with two attached hydrogens (primary N) is 1. The molecule has 0 aliphatic rings. The molecule has 12 nitrogen and oxygen atoms in total. The van der Waals surface area contributed by atoms with Crippen LogP contribution >= 0.6 is 69.0 Å². The zero-order valence-corrected chi connectivity index (χ0v) is 37.5. The fraction of sp³-hybridized carbons (Fsp3) is 0.516. The summed E-state index contributed by atoms with van der Waals surface area (Å²) >= 11 is 30.9. The summed E-state index contributed by atoms with van der Waals surface area (Å²) in [7, 11) is 8.97. The van der Waals surface area contributed by atoms with Crippen LogP contribution in [-0.4, -0.2) is 88.0 Å². The van der Waals surface area contributed by atoms with Gasteiger partial charge in [-0.05, 0) is 79.8 Å². The number of esters is 2. The standard InChI is InChI=1S/C16H15Cl3O2.C10H19O6PS2.C5H12NO3PS2/c1-20-13-7-3-11(4-8-13)15(16(17,18)19)12-5-9-14(21-2)10-6-12;1-5-15-9(11)7-8(10(12)16-6-2)19-17(18,13-3)14-4;1-4(5(6)7)12-10(11,8-2)9-3/h3-10,15H,1-2H3;8H,5-7H2,1-4H3;4H,1-3H3,(H2,6,7). The highest BCUT2D eigenvalue weighted by Gasteiger charge is 2.35. The van der Waals surface area contributed by atoms with E-state index >= 15 is 0 Å². The summed E-state index contributed by atoms with van der Waals surface area (Å²) in [4.78, 5) is 34.0. The number of carbonyl (C=O) groups excluding carboxylic acids is 3. The molecule has 0 aliphatic carbocycles. The zero-order chi connectivity index (χ0) is 40.1. The van der Waals surface area contributed by atoms with Gasteiger partial charge >= 0.3 is 11.9 Å². The summed E-state index contributed by atoms with van der Waals surface area (Å²) in [6.07, 6.45) is -0.123. The number of hydrogen-bond donors (Lipinski definition) is 1. The van der Waals surface area contributed by atoms with Crippen molar-refractivity contribution in [2.45, 2.75) is 47.4 Å². The fourth-order valence-electron chi connectivity index (χ4n) is 3.66. The first-order valence-electron chi connectivity index (χ1n) is 15.1. The number of ether oxygens (including phenoxy) is 4. The number of halogens is 3. The highest BCUT2D eigenvalue weighted by molar-refractivity contribution is 8.68. The molecule has 1 amide bonds. The van der Waals surface area contributed by atoms with Crippen molar-refractivity contribution in [2.75, 3.05) is 55.9 Å². The van der Waals surface area contributed by atoms with E-state index in [0.717, 1.165) is 45.4 Å². The maximum absolute atomic E-state index is 11.8. The SMILES string of the molecule is CCOC(=O)CC(SP(=S)(OC)OC)C(=O)OCC.COP(=S)(OC)SC(C)C(N)=O.COc1ccc(C(c2ccc(OC)cc2)C(Cl)(Cl)Cl)cc1. The Labute approximate surface area is 339 Å². The van der Waals surface area contributed by atoms with Crippen molar-refractivity contribution >= 4 is 110 Å². The summed E-state index contributed by atoms with van der Waals surface area (Å²) in [6, 6.07) is 15.0. The van der Waals surface area contributed by atoms with Crippen molar-refractivity contribution in [1.82, 2.24) is 0 Å². The number of hydrogen-bond acceptors (Lipinski definition) is 15. The van der Waals surface area contributed by atoms with Gasteiger partial charge in [-0.25, -0.2) is 0 Å². The number of methoxy groups -OCH3 is 2. The monoisotopic (exact) mass is 903 g/mol. The Balaban J connectivity index is 0.000000780. The van der Waals surface area contributed by atoms with Crippen LogP contribution in [0.25, 0.3) is 0 Å². The first-order chi connectivity index (χ1) is 24.3. The van der Waals surface area contributed by atoms with Gasteiger partial charge in [0.25, 0.3) is 0 Å². The number of primary amides is 1. The highest BCUT2D eigenvalue weighted by Crippen LogP contribution is 2.62. The predicted molar refractivity (Wildman–Crippen MR) is 220 cm³/mol. The molecule has 0 aromatic heterocycles. The van der Waals surface area contributed by atoms with Crippen LogP contribution < -0.4 is 15.2 Å². The number of amides is 1.